The minimum atomic E-state index is -0.294. The average molecular weight is 372 g/mol. The van der Waals surface area contributed by atoms with Crippen molar-refractivity contribution in [2.24, 2.45) is 0 Å². The molecule has 0 aliphatic carbocycles. The van der Waals surface area contributed by atoms with Crippen LogP contribution in [0.3, 0.4) is 0 Å². The Morgan fingerprint density at radius 2 is 1.75 bits per heavy atom. The van der Waals surface area contributed by atoms with Crippen LogP contribution in [-0.2, 0) is 4.79 Å². The molecule has 0 radical (unpaired) electrons. The number of amides is 1. The molecule has 0 fully saturated rings. The normalized spacial score (nSPS) is 11.9. The summed E-state index contributed by atoms with van der Waals surface area (Å²) in [6, 6.07) is 23.0. The van der Waals surface area contributed by atoms with Crippen molar-refractivity contribution >= 4 is 11.6 Å². The van der Waals surface area contributed by atoms with Gasteiger partial charge in [0.05, 0.1) is 6.04 Å². The summed E-state index contributed by atoms with van der Waals surface area (Å²) in [5.41, 5.74) is 2.74. The van der Waals surface area contributed by atoms with Crippen molar-refractivity contribution in [1.29, 1.82) is 0 Å². The molecule has 0 spiro atoms. The van der Waals surface area contributed by atoms with E-state index in [4.69, 9.17) is 4.74 Å². The lowest BCUT2D eigenvalue weighted by Gasteiger charge is -2.14. The standard InChI is InChI=1S/C22H20N4O2/c1-16(22-25-24-20-13-7-8-14-26(20)22)23-21(27)15-28-19-12-6-5-11-18(19)17-9-3-2-4-10-17/h2-14,16H,15H2,1H3,(H,23,27)/t16-/m0/s1. The van der Waals surface area contributed by atoms with Gasteiger partial charge < -0.3 is 10.1 Å². The van der Waals surface area contributed by atoms with Gasteiger partial charge in [0.1, 0.15) is 5.75 Å². The van der Waals surface area contributed by atoms with Crippen LogP contribution < -0.4 is 10.1 Å². The molecule has 2 aromatic carbocycles. The summed E-state index contributed by atoms with van der Waals surface area (Å²) in [7, 11) is 0. The number of rotatable bonds is 6. The lowest BCUT2D eigenvalue weighted by Crippen LogP contribution is -2.32. The number of benzene rings is 2. The van der Waals surface area contributed by atoms with Crippen molar-refractivity contribution < 1.29 is 9.53 Å². The number of carbonyl (C=O) groups is 1. The molecule has 0 aliphatic heterocycles. The molecule has 1 atom stereocenters. The second-order valence-electron chi connectivity index (χ2n) is 6.43. The second-order valence-corrected chi connectivity index (χ2v) is 6.43. The maximum absolute atomic E-state index is 12.4. The summed E-state index contributed by atoms with van der Waals surface area (Å²) in [6.45, 7) is 1.80. The molecule has 0 saturated heterocycles. The monoisotopic (exact) mass is 372 g/mol. The smallest absolute Gasteiger partial charge is 0.258 e. The number of hydrogen-bond acceptors (Lipinski definition) is 4. The zero-order valence-electron chi connectivity index (χ0n) is 15.4. The van der Waals surface area contributed by atoms with E-state index in [0.717, 1.165) is 16.8 Å². The highest BCUT2D eigenvalue weighted by Gasteiger charge is 2.16. The van der Waals surface area contributed by atoms with Crippen LogP contribution in [0, 0.1) is 0 Å². The molecule has 0 unspecified atom stereocenters. The summed E-state index contributed by atoms with van der Waals surface area (Å²) >= 11 is 0. The summed E-state index contributed by atoms with van der Waals surface area (Å²) in [5, 5.41) is 11.2. The van der Waals surface area contributed by atoms with Crippen molar-refractivity contribution in [2.75, 3.05) is 6.61 Å². The quantitative estimate of drug-likeness (QED) is 0.561. The molecule has 1 amide bonds. The SMILES string of the molecule is C[C@H](NC(=O)COc1ccccc1-c1ccccc1)c1nnc2ccccn12. The third kappa shape index (κ3) is 3.71. The Kier molecular flexibility index (Phi) is 5.01. The molecule has 0 bridgehead atoms. The maximum atomic E-state index is 12.4. The minimum absolute atomic E-state index is 0.0784. The van der Waals surface area contributed by atoms with Crippen LogP contribution in [0.5, 0.6) is 5.75 Å². The van der Waals surface area contributed by atoms with E-state index in [2.05, 4.69) is 15.5 Å². The number of nitrogens with one attached hydrogen (secondary N) is 1. The lowest BCUT2D eigenvalue weighted by molar-refractivity contribution is -0.123. The third-order valence-electron chi connectivity index (χ3n) is 4.44. The van der Waals surface area contributed by atoms with E-state index in [-0.39, 0.29) is 18.6 Å². The molecule has 4 aromatic rings. The summed E-state index contributed by atoms with van der Waals surface area (Å²) in [6.07, 6.45) is 1.87. The van der Waals surface area contributed by atoms with E-state index in [9.17, 15) is 4.79 Å². The van der Waals surface area contributed by atoms with Crippen molar-refractivity contribution in [2.45, 2.75) is 13.0 Å². The average Bonchev–Trinajstić information content (AvgIpc) is 3.17. The molecule has 4 rings (SSSR count). The van der Waals surface area contributed by atoms with Gasteiger partial charge in [-0.3, -0.25) is 9.20 Å². The molecule has 6 heteroatoms. The van der Waals surface area contributed by atoms with Gasteiger partial charge in [-0.05, 0) is 30.7 Å². The van der Waals surface area contributed by atoms with E-state index in [0.29, 0.717) is 11.6 Å². The number of aromatic nitrogens is 3. The Balaban J connectivity index is 1.43. The number of nitrogens with zero attached hydrogens (tertiary/aromatic N) is 3. The van der Waals surface area contributed by atoms with E-state index in [1.807, 2.05) is 90.3 Å². The van der Waals surface area contributed by atoms with Crippen LogP contribution in [0.25, 0.3) is 16.8 Å². The fourth-order valence-electron chi connectivity index (χ4n) is 3.09. The van der Waals surface area contributed by atoms with Crippen LogP contribution in [-0.4, -0.2) is 27.1 Å². The molecule has 2 aromatic heterocycles. The fraction of sp³-hybridized carbons (Fsp3) is 0.136. The number of pyridine rings is 1. The number of carbonyl (C=O) groups excluding carboxylic acids is 1. The van der Waals surface area contributed by atoms with Gasteiger partial charge in [0.25, 0.3) is 5.91 Å². The second kappa shape index (κ2) is 7.92. The molecule has 6 nitrogen and oxygen atoms in total. The largest absolute Gasteiger partial charge is 0.483 e. The molecular formula is C22H20N4O2. The van der Waals surface area contributed by atoms with Crippen molar-refractivity contribution in [3.05, 3.63) is 84.8 Å². The molecule has 28 heavy (non-hydrogen) atoms. The van der Waals surface area contributed by atoms with Gasteiger partial charge in [0.2, 0.25) is 0 Å². The molecule has 0 aliphatic rings. The molecule has 0 saturated carbocycles. The van der Waals surface area contributed by atoms with Gasteiger partial charge in [0, 0.05) is 11.8 Å². The lowest BCUT2D eigenvalue weighted by atomic mass is 10.1. The predicted molar refractivity (Wildman–Crippen MR) is 107 cm³/mol. The first-order valence-corrected chi connectivity index (χ1v) is 9.08. The van der Waals surface area contributed by atoms with Gasteiger partial charge in [-0.25, -0.2) is 0 Å². The van der Waals surface area contributed by atoms with E-state index in [1.165, 1.54) is 0 Å². The van der Waals surface area contributed by atoms with Crippen molar-refractivity contribution in [3.8, 4) is 16.9 Å². The molecular weight excluding hydrogens is 352 g/mol. The Labute approximate surface area is 162 Å². The van der Waals surface area contributed by atoms with Gasteiger partial charge in [-0.2, -0.15) is 0 Å². The third-order valence-corrected chi connectivity index (χ3v) is 4.44. The number of fused-ring (bicyclic) bond motifs is 1. The van der Waals surface area contributed by atoms with Gasteiger partial charge in [0.15, 0.2) is 18.1 Å². The van der Waals surface area contributed by atoms with Crippen LogP contribution in [0.4, 0.5) is 0 Å². The predicted octanol–water partition coefficient (Wildman–Crippen LogP) is 3.65. The van der Waals surface area contributed by atoms with Crippen molar-refractivity contribution in [3.63, 3.8) is 0 Å². The summed E-state index contributed by atoms with van der Waals surface area (Å²) in [5.74, 6) is 1.13. The van der Waals surface area contributed by atoms with Gasteiger partial charge in [-0.15, -0.1) is 10.2 Å². The Morgan fingerprint density at radius 1 is 1.00 bits per heavy atom. The van der Waals surface area contributed by atoms with Crippen LogP contribution in [0.15, 0.2) is 79.0 Å². The number of hydrogen-bond donors (Lipinski definition) is 1. The van der Waals surface area contributed by atoms with E-state index < -0.39 is 0 Å². The highest BCUT2D eigenvalue weighted by molar-refractivity contribution is 5.78. The molecule has 2 heterocycles. The maximum Gasteiger partial charge on any atom is 0.258 e. The Morgan fingerprint density at radius 3 is 2.61 bits per heavy atom. The van der Waals surface area contributed by atoms with E-state index >= 15 is 0 Å². The van der Waals surface area contributed by atoms with E-state index in [1.54, 1.807) is 0 Å². The topological polar surface area (TPSA) is 68.5 Å². The highest BCUT2D eigenvalue weighted by atomic mass is 16.5. The van der Waals surface area contributed by atoms with Crippen molar-refractivity contribution in [1.82, 2.24) is 19.9 Å². The minimum Gasteiger partial charge on any atom is -0.483 e. The summed E-state index contributed by atoms with van der Waals surface area (Å²) in [4.78, 5) is 12.4. The first-order chi connectivity index (χ1) is 13.7. The van der Waals surface area contributed by atoms with Gasteiger partial charge in [-0.1, -0.05) is 54.6 Å². The summed E-state index contributed by atoms with van der Waals surface area (Å²) < 4.78 is 7.66. The molecule has 1 N–H and O–H groups in total. The Bertz CT molecular complexity index is 1090. The zero-order chi connectivity index (χ0) is 19.3. The van der Waals surface area contributed by atoms with Crippen LogP contribution in [0.2, 0.25) is 0 Å². The molecule has 140 valence electrons. The number of ether oxygens (including phenoxy) is 1. The van der Waals surface area contributed by atoms with Crippen LogP contribution in [0.1, 0.15) is 18.8 Å². The first-order valence-electron chi connectivity index (χ1n) is 9.08. The Hall–Kier alpha value is -3.67. The van der Waals surface area contributed by atoms with Gasteiger partial charge >= 0.3 is 0 Å². The zero-order valence-corrected chi connectivity index (χ0v) is 15.4. The first kappa shape index (κ1) is 17.7. The highest BCUT2D eigenvalue weighted by Crippen LogP contribution is 2.29. The number of para-hydroxylation sites is 1. The fourth-order valence-corrected chi connectivity index (χ4v) is 3.09. The van der Waals surface area contributed by atoms with Crippen LogP contribution >= 0.6 is 0 Å².